The molecule has 5 heteroatoms. The van der Waals surface area contributed by atoms with Gasteiger partial charge in [0.25, 0.3) is 0 Å². The minimum Gasteiger partial charge on any atom is -0.448 e. The van der Waals surface area contributed by atoms with Crippen LogP contribution in [0.4, 0.5) is 0 Å². The number of halogens is 1. The second kappa shape index (κ2) is 4.66. The summed E-state index contributed by atoms with van der Waals surface area (Å²) in [6.07, 6.45) is 1.39. The zero-order valence-electron chi connectivity index (χ0n) is 9.13. The summed E-state index contributed by atoms with van der Waals surface area (Å²) in [6.45, 7) is 6.44. The van der Waals surface area contributed by atoms with E-state index in [1.54, 1.807) is 0 Å². The van der Waals surface area contributed by atoms with Crippen molar-refractivity contribution >= 4 is 17.5 Å². The van der Waals surface area contributed by atoms with Crippen molar-refractivity contribution in [3.8, 4) is 0 Å². The highest BCUT2D eigenvalue weighted by molar-refractivity contribution is 6.27. The molecule has 15 heavy (non-hydrogen) atoms. The Bertz CT molecular complexity index is 341. The number of nitrogens with zero attached hydrogens (tertiary/aromatic N) is 1. The Balaban J connectivity index is 2.70. The smallest absolute Gasteiger partial charge is 0.235 e. The summed E-state index contributed by atoms with van der Waals surface area (Å²) in [5.41, 5.74) is 0.637. The van der Waals surface area contributed by atoms with Gasteiger partial charge >= 0.3 is 0 Å². The summed E-state index contributed by atoms with van der Waals surface area (Å²) in [6, 6.07) is 0. The normalized spacial score (nSPS) is 11.5. The average molecular weight is 231 g/mol. The maximum atomic E-state index is 11.0. The Morgan fingerprint density at radius 1 is 1.60 bits per heavy atom. The molecule has 1 N–H and O–H groups in total. The van der Waals surface area contributed by atoms with Crippen LogP contribution in [0.2, 0.25) is 0 Å². The summed E-state index contributed by atoms with van der Waals surface area (Å²) in [4.78, 5) is 15.0. The number of hydrogen-bond donors (Lipinski definition) is 1. The minimum absolute atomic E-state index is 0.0390. The molecule has 0 unspecified atom stereocenters. The lowest BCUT2D eigenvalue weighted by atomic mass is 9.92. The van der Waals surface area contributed by atoms with Crippen molar-refractivity contribution in [3.63, 3.8) is 0 Å². The van der Waals surface area contributed by atoms with Crippen molar-refractivity contribution < 1.29 is 9.21 Å². The van der Waals surface area contributed by atoms with Gasteiger partial charge in [0.05, 0.1) is 6.54 Å². The summed E-state index contributed by atoms with van der Waals surface area (Å²) in [5, 5.41) is 2.65. The van der Waals surface area contributed by atoms with E-state index in [9.17, 15) is 4.79 Å². The second-order valence-electron chi connectivity index (χ2n) is 4.29. The summed E-state index contributed by atoms with van der Waals surface area (Å²) < 4.78 is 5.30. The van der Waals surface area contributed by atoms with Crippen LogP contribution in [0.1, 0.15) is 32.2 Å². The zero-order chi connectivity index (χ0) is 11.5. The van der Waals surface area contributed by atoms with E-state index in [2.05, 4.69) is 10.3 Å². The fourth-order valence-electron chi connectivity index (χ4n) is 1.23. The molecule has 1 aromatic heterocycles. The Labute approximate surface area is 94.0 Å². The maximum absolute atomic E-state index is 11.0. The first kappa shape index (κ1) is 12.0. The van der Waals surface area contributed by atoms with Crippen molar-refractivity contribution in [3.05, 3.63) is 17.8 Å². The molecule has 0 saturated heterocycles. The van der Waals surface area contributed by atoms with Crippen molar-refractivity contribution in [2.24, 2.45) is 0 Å². The van der Waals surface area contributed by atoms with E-state index in [1.165, 1.54) is 6.39 Å². The van der Waals surface area contributed by atoms with Crippen LogP contribution in [-0.2, 0) is 16.8 Å². The molecule has 84 valence electrons. The van der Waals surface area contributed by atoms with Crippen molar-refractivity contribution in [2.45, 2.75) is 32.7 Å². The van der Waals surface area contributed by atoms with E-state index in [0.29, 0.717) is 6.54 Å². The van der Waals surface area contributed by atoms with Gasteiger partial charge in [-0.15, -0.1) is 11.6 Å². The third-order valence-corrected chi connectivity index (χ3v) is 2.14. The highest BCUT2D eigenvalue weighted by Gasteiger charge is 2.22. The van der Waals surface area contributed by atoms with Crippen LogP contribution in [0.3, 0.4) is 0 Å². The predicted molar refractivity (Wildman–Crippen MR) is 57.8 cm³/mol. The Morgan fingerprint density at radius 2 is 2.27 bits per heavy atom. The van der Waals surface area contributed by atoms with Gasteiger partial charge in [0, 0.05) is 5.41 Å². The van der Waals surface area contributed by atoms with Gasteiger partial charge in [0.2, 0.25) is 5.91 Å². The molecule has 0 aliphatic heterocycles. The van der Waals surface area contributed by atoms with Gasteiger partial charge in [0.15, 0.2) is 6.39 Å². The molecule has 0 radical (unpaired) electrons. The number of amides is 1. The number of alkyl halides is 1. The number of aromatic nitrogens is 1. The molecule has 0 fully saturated rings. The largest absolute Gasteiger partial charge is 0.448 e. The lowest BCUT2D eigenvalue weighted by Gasteiger charge is -2.16. The number of nitrogens with one attached hydrogen (secondary N) is 1. The molecule has 0 aromatic carbocycles. The fourth-order valence-corrected chi connectivity index (χ4v) is 1.33. The van der Waals surface area contributed by atoms with Gasteiger partial charge < -0.3 is 9.73 Å². The number of rotatable bonds is 3. The molecular formula is C10H15ClN2O2. The third-order valence-electron chi connectivity index (χ3n) is 1.90. The molecule has 0 spiro atoms. The second-order valence-corrected chi connectivity index (χ2v) is 4.56. The van der Waals surface area contributed by atoms with Gasteiger partial charge in [-0.05, 0) is 0 Å². The first-order chi connectivity index (χ1) is 6.95. The number of oxazole rings is 1. The van der Waals surface area contributed by atoms with Crippen LogP contribution in [-0.4, -0.2) is 16.8 Å². The van der Waals surface area contributed by atoms with E-state index >= 15 is 0 Å². The van der Waals surface area contributed by atoms with E-state index in [-0.39, 0.29) is 17.2 Å². The van der Waals surface area contributed by atoms with Gasteiger partial charge in [-0.25, -0.2) is 4.98 Å². The standard InChI is InChI=1S/C10H15ClN2O2/c1-10(2,3)9-7(13-6-15-9)5-12-8(14)4-11/h6H,4-5H2,1-3H3,(H,12,14). The van der Waals surface area contributed by atoms with E-state index in [4.69, 9.17) is 16.0 Å². The van der Waals surface area contributed by atoms with Crippen molar-refractivity contribution in [1.29, 1.82) is 0 Å². The van der Waals surface area contributed by atoms with Gasteiger partial charge in [-0.3, -0.25) is 4.79 Å². The number of carbonyl (C=O) groups is 1. The molecule has 1 rings (SSSR count). The zero-order valence-corrected chi connectivity index (χ0v) is 9.89. The molecule has 0 saturated carbocycles. The predicted octanol–water partition coefficient (Wildman–Crippen LogP) is 1.83. The van der Waals surface area contributed by atoms with Crippen LogP contribution >= 0.6 is 11.6 Å². The maximum Gasteiger partial charge on any atom is 0.235 e. The molecule has 4 nitrogen and oxygen atoms in total. The monoisotopic (exact) mass is 230 g/mol. The number of carbonyl (C=O) groups excluding carboxylic acids is 1. The quantitative estimate of drug-likeness (QED) is 0.806. The summed E-state index contributed by atoms with van der Waals surface area (Å²) >= 11 is 5.37. The Kier molecular flexibility index (Phi) is 3.74. The summed E-state index contributed by atoms with van der Waals surface area (Å²) in [5.74, 6) is 0.541. The molecule has 0 bridgehead atoms. The molecule has 0 aliphatic rings. The molecule has 0 aliphatic carbocycles. The van der Waals surface area contributed by atoms with Crippen molar-refractivity contribution in [1.82, 2.24) is 10.3 Å². The molecule has 1 heterocycles. The average Bonchev–Trinajstić information content (AvgIpc) is 2.61. The minimum atomic E-state index is -0.209. The topological polar surface area (TPSA) is 55.1 Å². The van der Waals surface area contributed by atoms with Crippen LogP contribution in [0.25, 0.3) is 0 Å². The van der Waals surface area contributed by atoms with Crippen LogP contribution in [0.15, 0.2) is 10.8 Å². The van der Waals surface area contributed by atoms with E-state index in [1.807, 2.05) is 20.8 Å². The first-order valence-corrected chi connectivity index (χ1v) is 5.24. The van der Waals surface area contributed by atoms with Crippen molar-refractivity contribution in [2.75, 3.05) is 5.88 Å². The summed E-state index contributed by atoms with van der Waals surface area (Å²) in [7, 11) is 0. The molecular weight excluding hydrogens is 216 g/mol. The van der Waals surface area contributed by atoms with E-state index < -0.39 is 0 Å². The first-order valence-electron chi connectivity index (χ1n) is 4.70. The fraction of sp³-hybridized carbons (Fsp3) is 0.600. The molecule has 1 amide bonds. The van der Waals surface area contributed by atoms with Gasteiger partial charge in [-0.1, -0.05) is 20.8 Å². The Hall–Kier alpha value is -1.03. The van der Waals surface area contributed by atoms with Crippen LogP contribution < -0.4 is 5.32 Å². The SMILES string of the molecule is CC(C)(C)c1ocnc1CNC(=O)CCl. The third kappa shape index (κ3) is 3.23. The van der Waals surface area contributed by atoms with E-state index in [0.717, 1.165) is 11.5 Å². The molecule has 1 aromatic rings. The number of hydrogen-bond acceptors (Lipinski definition) is 3. The lowest BCUT2D eigenvalue weighted by molar-refractivity contribution is -0.118. The lowest BCUT2D eigenvalue weighted by Crippen LogP contribution is -2.25. The Morgan fingerprint density at radius 3 is 2.80 bits per heavy atom. The highest BCUT2D eigenvalue weighted by atomic mass is 35.5. The van der Waals surface area contributed by atoms with Gasteiger partial charge in [-0.2, -0.15) is 0 Å². The van der Waals surface area contributed by atoms with Gasteiger partial charge in [0.1, 0.15) is 17.3 Å². The van der Waals surface area contributed by atoms with Crippen LogP contribution in [0.5, 0.6) is 0 Å². The highest BCUT2D eigenvalue weighted by Crippen LogP contribution is 2.24. The van der Waals surface area contributed by atoms with Crippen LogP contribution in [0, 0.1) is 0 Å². The molecule has 0 atom stereocenters.